The predicted octanol–water partition coefficient (Wildman–Crippen LogP) is 4.83. The van der Waals surface area contributed by atoms with Gasteiger partial charge in [-0.3, -0.25) is 4.79 Å². The van der Waals surface area contributed by atoms with Crippen molar-refractivity contribution in [3.63, 3.8) is 0 Å². The molecule has 0 spiro atoms. The van der Waals surface area contributed by atoms with Crippen molar-refractivity contribution in [2.24, 2.45) is 0 Å². The van der Waals surface area contributed by atoms with Gasteiger partial charge in [-0.25, -0.2) is 9.37 Å². The molecule has 7 heteroatoms. The Bertz CT molecular complexity index is 1210. The Labute approximate surface area is 176 Å². The Morgan fingerprint density at radius 1 is 1.27 bits per heavy atom. The number of nitrogens with zero attached hydrogens (tertiary/aromatic N) is 1. The first kappa shape index (κ1) is 18.6. The lowest BCUT2D eigenvalue weighted by atomic mass is 10.0. The highest BCUT2D eigenvalue weighted by Gasteiger charge is 2.28. The van der Waals surface area contributed by atoms with Crippen molar-refractivity contribution >= 4 is 22.9 Å². The van der Waals surface area contributed by atoms with E-state index >= 15 is 0 Å². The highest BCUT2D eigenvalue weighted by Crippen LogP contribution is 2.35. The van der Waals surface area contributed by atoms with Gasteiger partial charge in [0, 0.05) is 35.5 Å². The molecule has 0 saturated carbocycles. The van der Waals surface area contributed by atoms with Gasteiger partial charge in [0.1, 0.15) is 28.4 Å². The molecule has 3 aromatic rings. The summed E-state index contributed by atoms with van der Waals surface area (Å²) in [7, 11) is 0. The van der Waals surface area contributed by atoms with E-state index in [1.807, 2.05) is 30.4 Å². The fourth-order valence-corrected chi connectivity index (χ4v) is 4.54. The zero-order chi connectivity index (χ0) is 20.7. The molecule has 30 heavy (non-hydrogen) atoms. The molecule has 5 nitrogen and oxygen atoms in total. The van der Waals surface area contributed by atoms with E-state index in [0.29, 0.717) is 40.4 Å². The summed E-state index contributed by atoms with van der Waals surface area (Å²) < 4.78 is 20.2. The number of allylic oxidation sites excluding steroid dienone is 2. The number of carbonyl (C=O) groups is 1. The zero-order valence-electron chi connectivity index (χ0n) is 15.8. The van der Waals surface area contributed by atoms with Gasteiger partial charge in [-0.15, -0.1) is 11.3 Å². The number of rotatable bonds is 3. The number of halogens is 1. The first-order chi connectivity index (χ1) is 14.6. The number of nitrogens with one attached hydrogen (secondary N) is 1. The number of phenolic OH excluding ortho intramolecular Hbond substituents is 1. The number of benzene rings is 2. The van der Waals surface area contributed by atoms with E-state index in [4.69, 9.17) is 4.74 Å². The number of amides is 1. The summed E-state index contributed by atoms with van der Waals surface area (Å²) in [6, 6.07) is 9.77. The second-order valence-electron chi connectivity index (χ2n) is 7.15. The number of hydrogen-bond acceptors (Lipinski definition) is 5. The Kier molecular flexibility index (Phi) is 4.59. The molecule has 1 amide bonds. The van der Waals surface area contributed by atoms with Crippen LogP contribution in [0.15, 0.2) is 66.4 Å². The van der Waals surface area contributed by atoms with Crippen LogP contribution < -0.4 is 10.1 Å². The second-order valence-corrected chi connectivity index (χ2v) is 8.26. The van der Waals surface area contributed by atoms with Crippen LogP contribution in [0.1, 0.15) is 16.9 Å². The number of carbonyl (C=O) groups excluding carboxylic acids is 1. The van der Waals surface area contributed by atoms with E-state index < -0.39 is 5.82 Å². The number of phenols is 1. The van der Waals surface area contributed by atoms with Crippen molar-refractivity contribution in [1.82, 2.24) is 4.98 Å². The summed E-state index contributed by atoms with van der Waals surface area (Å²) in [4.78, 5) is 17.8. The number of thiazole rings is 1. The summed E-state index contributed by atoms with van der Waals surface area (Å²) in [6.45, 7) is 0. The van der Waals surface area contributed by atoms with Gasteiger partial charge in [0.2, 0.25) is 0 Å². The SMILES string of the molecule is O=C1Nc2cc(Cc3cnc(-c4ccc(O)cc4F)s3)ccc2OC2CC=CC=C12. The minimum atomic E-state index is -0.508. The monoisotopic (exact) mass is 420 g/mol. The average molecular weight is 420 g/mol. The van der Waals surface area contributed by atoms with Gasteiger partial charge in [-0.05, 0) is 29.8 Å². The van der Waals surface area contributed by atoms with Gasteiger partial charge in [-0.2, -0.15) is 0 Å². The van der Waals surface area contributed by atoms with Gasteiger partial charge < -0.3 is 15.2 Å². The highest BCUT2D eigenvalue weighted by molar-refractivity contribution is 7.15. The van der Waals surface area contributed by atoms with Crippen molar-refractivity contribution in [3.05, 3.63) is 82.7 Å². The first-order valence-corrected chi connectivity index (χ1v) is 10.3. The summed E-state index contributed by atoms with van der Waals surface area (Å²) >= 11 is 1.39. The fourth-order valence-electron chi connectivity index (χ4n) is 3.57. The van der Waals surface area contributed by atoms with Crippen LogP contribution >= 0.6 is 11.3 Å². The number of aromatic nitrogens is 1. The molecular formula is C23H17FN2O3S. The topological polar surface area (TPSA) is 71.5 Å². The summed E-state index contributed by atoms with van der Waals surface area (Å²) in [5.74, 6) is -0.130. The van der Waals surface area contributed by atoms with E-state index in [1.54, 1.807) is 12.3 Å². The molecule has 0 saturated heterocycles. The zero-order valence-corrected chi connectivity index (χ0v) is 16.6. The number of ether oxygens (including phenoxy) is 1. The highest BCUT2D eigenvalue weighted by atomic mass is 32.1. The smallest absolute Gasteiger partial charge is 0.255 e. The maximum atomic E-state index is 14.1. The molecule has 0 fully saturated rings. The molecule has 1 atom stereocenters. The Balaban J connectivity index is 1.39. The van der Waals surface area contributed by atoms with Gasteiger partial charge in [-0.1, -0.05) is 24.3 Å². The van der Waals surface area contributed by atoms with Crippen LogP contribution in [-0.2, 0) is 11.2 Å². The van der Waals surface area contributed by atoms with Gasteiger partial charge >= 0.3 is 0 Å². The Morgan fingerprint density at radius 2 is 2.17 bits per heavy atom. The third-order valence-electron chi connectivity index (χ3n) is 5.05. The molecule has 1 aliphatic heterocycles. The summed E-state index contributed by atoms with van der Waals surface area (Å²) in [6.07, 6.45) is 8.35. The third kappa shape index (κ3) is 3.48. The molecule has 0 bridgehead atoms. The van der Waals surface area contributed by atoms with Crippen LogP contribution in [0.5, 0.6) is 11.5 Å². The summed E-state index contributed by atoms with van der Waals surface area (Å²) in [5.41, 5.74) is 2.60. The standard InChI is InChI=1S/C23H17FN2O3S/c24-18-11-14(27)6-7-16(18)23-25-12-15(30-23)9-13-5-8-21-19(10-13)26-22(28)17-3-1-2-4-20(17)29-21/h1-3,5-8,10-12,20,27H,4,9H2,(H,26,28). The van der Waals surface area contributed by atoms with Gasteiger partial charge in [0.15, 0.2) is 0 Å². The molecule has 1 unspecified atom stereocenters. The Morgan fingerprint density at radius 3 is 3.03 bits per heavy atom. The predicted molar refractivity (Wildman–Crippen MR) is 113 cm³/mol. The lowest BCUT2D eigenvalue weighted by Gasteiger charge is -2.18. The van der Waals surface area contributed by atoms with E-state index in [-0.39, 0.29) is 17.8 Å². The van der Waals surface area contributed by atoms with Crippen LogP contribution in [0.2, 0.25) is 0 Å². The lowest BCUT2D eigenvalue weighted by Crippen LogP contribution is -2.25. The minimum Gasteiger partial charge on any atom is -0.508 e. The van der Waals surface area contributed by atoms with Crippen molar-refractivity contribution in [3.8, 4) is 22.1 Å². The van der Waals surface area contributed by atoms with Crippen LogP contribution in [0.3, 0.4) is 0 Å². The Hall–Kier alpha value is -3.45. The van der Waals surface area contributed by atoms with E-state index in [1.165, 1.54) is 23.5 Å². The number of aromatic hydroxyl groups is 1. The first-order valence-electron chi connectivity index (χ1n) is 9.48. The van der Waals surface area contributed by atoms with E-state index in [0.717, 1.165) is 16.5 Å². The largest absolute Gasteiger partial charge is 0.508 e. The van der Waals surface area contributed by atoms with E-state index in [9.17, 15) is 14.3 Å². The van der Waals surface area contributed by atoms with Crippen molar-refractivity contribution < 1.29 is 19.0 Å². The normalized spacial score (nSPS) is 17.3. The second kappa shape index (κ2) is 7.42. The molecular weight excluding hydrogens is 403 g/mol. The molecule has 5 rings (SSSR count). The van der Waals surface area contributed by atoms with Gasteiger partial charge in [0.25, 0.3) is 5.91 Å². The molecule has 0 radical (unpaired) electrons. The molecule has 2 aliphatic rings. The molecule has 1 aromatic heterocycles. The summed E-state index contributed by atoms with van der Waals surface area (Å²) in [5, 5.41) is 12.9. The number of fused-ring (bicyclic) bond motifs is 2. The van der Waals surface area contributed by atoms with Crippen LogP contribution in [0.25, 0.3) is 10.6 Å². The number of hydrogen-bond donors (Lipinski definition) is 2. The minimum absolute atomic E-state index is 0.117. The van der Waals surface area contributed by atoms with Crippen LogP contribution in [0, 0.1) is 5.82 Å². The van der Waals surface area contributed by atoms with Crippen molar-refractivity contribution in [1.29, 1.82) is 0 Å². The molecule has 2 N–H and O–H groups in total. The van der Waals surface area contributed by atoms with Gasteiger partial charge in [0.05, 0.1) is 11.3 Å². The van der Waals surface area contributed by atoms with Crippen LogP contribution in [-0.4, -0.2) is 22.1 Å². The maximum Gasteiger partial charge on any atom is 0.255 e. The fraction of sp³-hybridized carbons (Fsp3) is 0.130. The van der Waals surface area contributed by atoms with Crippen LogP contribution in [0.4, 0.5) is 10.1 Å². The average Bonchev–Trinajstić information content (AvgIpc) is 3.12. The molecule has 2 aromatic carbocycles. The van der Waals surface area contributed by atoms with Crippen molar-refractivity contribution in [2.75, 3.05) is 5.32 Å². The van der Waals surface area contributed by atoms with E-state index in [2.05, 4.69) is 10.3 Å². The molecule has 2 heterocycles. The van der Waals surface area contributed by atoms with Crippen molar-refractivity contribution in [2.45, 2.75) is 18.9 Å². The lowest BCUT2D eigenvalue weighted by molar-refractivity contribution is -0.113. The molecule has 150 valence electrons. The quantitative estimate of drug-likeness (QED) is 0.637. The molecule has 1 aliphatic carbocycles. The maximum absolute atomic E-state index is 14.1. The third-order valence-corrected chi connectivity index (χ3v) is 6.08. The number of anilines is 1.